The Hall–Kier alpha value is -1.17. The standard InChI is InChI=1S/C12H20N2O/c1-3-9-13-12(15)14-10-7-5-6-8-11(14)4-2/h1,11H,4-10H2,2H3,(H,13,15)/t11-/m0/s1. The van der Waals surface area contributed by atoms with E-state index < -0.39 is 0 Å². The molecule has 1 atom stereocenters. The Bertz CT molecular complexity index is 244. The van der Waals surface area contributed by atoms with Gasteiger partial charge in [-0.2, -0.15) is 0 Å². The Kier molecular flexibility index (Phi) is 5.03. The summed E-state index contributed by atoms with van der Waals surface area (Å²) >= 11 is 0. The molecule has 1 N–H and O–H groups in total. The summed E-state index contributed by atoms with van der Waals surface area (Å²) in [5.74, 6) is 2.43. The molecule has 0 unspecified atom stereocenters. The highest BCUT2D eigenvalue weighted by atomic mass is 16.2. The molecule has 1 aliphatic rings. The molecule has 0 radical (unpaired) electrons. The van der Waals surface area contributed by atoms with E-state index in [2.05, 4.69) is 18.2 Å². The second-order valence-electron chi connectivity index (χ2n) is 3.97. The van der Waals surface area contributed by atoms with Gasteiger partial charge < -0.3 is 10.2 Å². The summed E-state index contributed by atoms with van der Waals surface area (Å²) in [5, 5.41) is 2.74. The van der Waals surface area contributed by atoms with Crippen molar-refractivity contribution in [3.63, 3.8) is 0 Å². The van der Waals surface area contributed by atoms with Crippen molar-refractivity contribution >= 4 is 6.03 Å². The lowest BCUT2D eigenvalue weighted by molar-refractivity contribution is 0.175. The minimum atomic E-state index is 0.00157. The van der Waals surface area contributed by atoms with Gasteiger partial charge in [0.05, 0.1) is 6.54 Å². The number of nitrogens with one attached hydrogen (secondary N) is 1. The maximum atomic E-state index is 11.8. The predicted octanol–water partition coefficient (Wildman–Crippen LogP) is 1.98. The van der Waals surface area contributed by atoms with Crippen molar-refractivity contribution in [3.8, 4) is 12.3 Å². The lowest BCUT2D eigenvalue weighted by atomic mass is 10.1. The first-order valence-electron chi connectivity index (χ1n) is 5.77. The van der Waals surface area contributed by atoms with Gasteiger partial charge in [-0.25, -0.2) is 4.79 Å². The summed E-state index contributed by atoms with van der Waals surface area (Å²) in [6.07, 6.45) is 10.9. The third kappa shape index (κ3) is 3.47. The van der Waals surface area contributed by atoms with Crippen LogP contribution < -0.4 is 5.32 Å². The van der Waals surface area contributed by atoms with Crippen LogP contribution in [0.4, 0.5) is 4.79 Å². The summed E-state index contributed by atoms with van der Waals surface area (Å²) in [6.45, 7) is 3.33. The molecule has 1 saturated heterocycles. The number of carbonyl (C=O) groups excluding carboxylic acids is 1. The molecule has 0 aromatic heterocycles. The van der Waals surface area contributed by atoms with Crippen LogP contribution in [-0.4, -0.2) is 30.1 Å². The lowest BCUT2D eigenvalue weighted by Gasteiger charge is -2.29. The zero-order chi connectivity index (χ0) is 11.1. The topological polar surface area (TPSA) is 32.3 Å². The van der Waals surface area contributed by atoms with E-state index in [1.165, 1.54) is 12.8 Å². The number of hydrogen-bond donors (Lipinski definition) is 1. The quantitative estimate of drug-likeness (QED) is 0.691. The molecule has 1 rings (SSSR count). The van der Waals surface area contributed by atoms with Crippen LogP contribution in [-0.2, 0) is 0 Å². The molecule has 3 nitrogen and oxygen atoms in total. The monoisotopic (exact) mass is 208 g/mol. The predicted molar refractivity (Wildman–Crippen MR) is 61.5 cm³/mol. The first-order valence-corrected chi connectivity index (χ1v) is 5.77. The van der Waals surface area contributed by atoms with E-state index in [4.69, 9.17) is 6.42 Å². The summed E-state index contributed by atoms with van der Waals surface area (Å²) in [7, 11) is 0. The van der Waals surface area contributed by atoms with Crippen molar-refractivity contribution < 1.29 is 4.79 Å². The van der Waals surface area contributed by atoms with Gasteiger partial charge in [-0.15, -0.1) is 6.42 Å². The molecule has 0 spiro atoms. The van der Waals surface area contributed by atoms with Crippen molar-refractivity contribution in [2.75, 3.05) is 13.1 Å². The average molecular weight is 208 g/mol. The Morgan fingerprint density at radius 3 is 3.00 bits per heavy atom. The molecule has 1 aliphatic heterocycles. The molecule has 0 aliphatic carbocycles. The number of hydrogen-bond acceptors (Lipinski definition) is 1. The number of nitrogens with zero attached hydrogens (tertiary/aromatic N) is 1. The van der Waals surface area contributed by atoms with E-state index >= 15 is 0 Å². The van der Waals surface area contributed by atoms with Gasteiger partial charge in [-0.1, -0.05) is 25.7 Å². The van der Waals surface area contributed by atoms with Crippen LogP contribution in [0.5, 0.6) is 0 Å². The highest BCUT2D eigenvalue weighted by molar-refractivity contribution is 5.74. The number of likely N-dealkylation sites (tertiary alicyclic amines) is 1. The van der Waals surface area contributed by atoms with E-state index in [-0.39, 0.29) is 6.03 Å². The number of urea groups is 1. The minimum Gasteiger partial charge on any atom is -0.327 e. The molecule has 1 fully saturated rings. The van der Waals surface area contributed by atoms with Gasteiger partial charge >= 0.3 is 6.03 Å². The first-order chi connectivity index (χ1) is 7.29. The molecule has 2 amide bonds. The molecule has 0 aromatic carbocycles. The third-order valence-electron chi connectivity index (χ3n) is 2.95. The number of carbonyl (C=O) groups is 1. The number of terminal acetylenes is 1. The largest absolute Gasteiger partial charge is 0.327 e. The summed E-state index contributed by atoms with van der Waals surface area (Å²) in [5.41, 5.74) is 0. The second-order valence-corrected chi connectivity index (χ2v) is 3.97. The molecule has 1 heterocycles. The van der Waals surface area contributed by atoms with Crippen LogP contribution in [0, 0.1) is 12.3 Å². The van der Waals surface area contributed by atoms with E-state index in [0.717, 1.165) is 25.8 Å². The van der Waals surface area contributed by atoms with E-state index in [9.17, 15) is 4.79 Å². The van der Waals surface area contributed by atoms with Crippen molar-refractivity contribution in [1.82, 2.24) is 10.2 Å². The number of rotatable bonds is 2. The smallest absolute Gasteiger partial charge is 0.318 e. The molecular weight excluding hydrogens is 188 g/mol. The Morgan fingerprint density at radius 2 is 2.33 bits per heavy atom. The van der Waals surface area contributed by atoms with Crippen LogP contribution in [0.3, 0.4) is 0 Å². The van der Waals surface area contributed by atoms with Crippen LogP contribution in [0.15, 0.2) is 0 Å². The normalized spacial score (nSPS) is 21.6. The minimum absolute atomic E-state index is 0.00157. The van der Waals surface area contributed by atoms with Crippen molar-refractivity contribution in [2.45, 2.75) is 45.1 Å². The van der Waals surface area contributed by atoms with Gasteiger partial charge in [0.1, 0.15) is 0 Å². The van der Waals surface area contributed by atoms with Crippen LogP contribution in [0.25, 0.3) is 0 Å². The van der Waals surface area contributed by atoms with E-state index in [1.807, 2.05) is 4.90 Å². The molecule has 84 valence electrons. The average Bonchev–Trinajstić information content (AvgIpc) is 2.50. The fourth-order valence-electron chi connectivity index (χ4n) is 2.10. The van der Waals surface area contributed by atoms with Gasteiger partial charge in [0.15, 0.2) is 0 Å². The highest BCUT2D eigenvalue weighted by Crippen LogP contribution is 2.18. The molecule has 0 bridgehead atoms. The van der Waals surface area contributed by atoms with Crippen LogP contribution >= 0.6 is 0 Å². The van der Waals surface area contributed by atoms with Gasteiger partial charge in [0, 0.05) is 12.6 Å². The highest BCUT2D eigenvalue weighted by Gasteiger charge is 2.23. The molecule has 0 saturated carbocycles. The van der Waals surface area contributed by atoms with Crippen LogP contribution in [0.1, 0.15) is 39.0 Å². The summed E-state index contributed by atoms with van der Waals surface area (Å²) < 4.78 is 0. The zero-order valence-corrected chi connectivity index (χ0v) is 9.46. The maximum absolute atomic E-state index is 11.8. The lowest BCUT2D eigenvalue weighted by Crippen LogP contribution is -2.45. The van der Waals surface area contributed by atoms with Gasteiger partial charge in [-0.3, -0.25) is 0 Å². The van der Waals surface area contributed by atoms with Gasteiger partial charge in [0.25, 0.3) is 0 Å². The molecule has 3 heteroatoms. The Labute approximate surface area is 92.2 Å². The molecular formula is C12H20N2O. The summed E-state index contributed by atoms with van der Waals surface area (Å²) in [4.78, 5) is 13.7. The van der Waals surface area contributed by atoms with E-state index in [0.29, 0.717) is 12.6 Å². The Morgan fingerprint density at radius 1 is 1.53 bits per heavy atom. The van der Waals surface area contributed by atoms with Crippen molar-refractivity contribution in [1.29, 1.82) is 0 Å². The maximum Gasteiger partial charge on any atom is 0.318 e. The zero-order valence-electron chi connectivity index (χ0n) is 9.46. The van der Waals surface area contributed by atoms with Gasteiger partial charge in [0.2, 0.25) is 0 Å². The SMILES string of the molecule is C#CCNC(=O)N1CCCCC[C@@H]1CC. The van der Waals surface area contributed by atoms with Crippen LogP contribution in [0.2, 0.25) is 0 Å². The first kappa shape index (κ1) is 11.9. The fraction of sp³-hybridized carbons (Fsp3) is 0.750. The fourth-order valence-corrected chi connectivity index (χ4v) is 2.10. The third-order valence-corrected chi connectivity index (χ3v) is 2.95. The van der Waals surface area contributed by atoms with Crippen molar-refractivity contribution in [3.05, 3.63) is 0 Å². The van der Waals surface area contributed by atoms with E-state index in [1.54, 1.807) is 0 Å². The number of amides is 2. The van der Waals surface area contributed by atoms with Gasteiger partial charge in [-0.05, 0) is 19.3 Å². The molecule has 0 aromatic rings. The van der Waals surface area contributed by atoms with Crippen molar-refractivity contribution in [2.24, 2.45) is 0 Å². The Balaban J connectivity index is 2.54. The second kappa shape index (κ2) is 6.34. The summed E-state index contributed by atoms with van der Waals surface area (Å²) in [6, 6.07) is 0.395. The molecule has 15 heavy (non-hydrogen) atoms.